The lowest BCUT2D eigenvalue weighted by molar-refractivity contribution is -0.139. The van der Waals surface area contributed by atoms with Crippen LogP contribution in [0.25, 0.3) is 0 Å². The van der Waals surface area contributed by atoms with Crippen LogP contribution in [0.2, 0.25) is 0 Å². The number of aryl methyl sites for hydroxylation is 2. The Bertz CT molecular complexity index is 503. The molecule has 0 saturated heterocycles. The lowest BCUT2D eigenvalue weighted by atomic mass is 10.1. The minimum atomic E-state index is -0.423. The van der Waals surface area contributed by atoms with Gasteiger partial charge in [0.25, 0.3) is 0 Å². The summed E-state index contributed by atoms with van der Waals surface area (Å²) in [6.07, 6.45) is 0.820. The first kappa shape index (κ1) is 15.0. The highest BCUT2D eigenvalue weighted by molar-refractivity contribution is 5.86. The van der Waals surface area contributed by atoms with Gasteiger partial charge in [-0.15, -0.1) is 0 Å². The second kappa shape index (κ2) is 6.73. The highest BCUT2D eigenvalue weighted by Crippen LogP contribution is 2.21. The molecule has 1 aromatic rings. The average molecular weight is 262 g/mol. The predicted molar refractivity (Wildman–Crippen MR) is 72.6 cm³/mol. The lowest BCUT2D eigenvalue weighted by Crippen LogP contribution is -2.12. The van der Waals surface area contributed by atoms with Crippen LogP contribution in [0.1, 0.15) is 28.4 Å². The van der Waals surface area contributed by atoms with Crippen molar-refractivity contribution in [3.8, 4) is 5.75 Å². The average Bonchev–Trinajstić information content (AvgIpc) is 2.37. The van der Waals surface area contributed by atoms with E-state index in [1.54, 1.807) is 19.1 Å². The number of rotatable bonds is 6. The molecule has 19 heavy (non-hydrogen) atoms. The molecule has 0 bridgehead atoms. The van der Waals surface area contributed by atoms with Gasteiger partial charge in [0.05, 0.1) is 0 Å². The van der Waals surface area contributed by atoms with E-state index in [0.29, 0.717) is 16.9 Å². The molecule has 0 N–H and O–H groups in total. The Kier molecular flexibility index (Phi) is 5.30. The fraction of sp³-hybridized carbons (Fsp3) is 0.333. The van der Waals surface area contributed by atoms with Gasteiger partial charge in [-0.2, -0.15) is 0 Å². The van der Waals surface area contributed by atoms with Crippen molar-refractivity contribution in [1.29, 1.82) is 0 Å². The molecule has 1 rings (SSSR count). The van der Waals surface area contributed by atoms with Gasteiger partial charge in [-0.05, 0) is 44.0 Å². The Morgan fingerprint density at radius 1 is 1.26 bits per heavy atom. The SMILES string of the molecule is C=C(C)C(=O)OCCOc1cc(C)c(C=O)cc1C. The third-order valence-corrected chi connectivity index (χ3v) is 2.61. The molecule has 0 unspecified atom stereocenters. The number of carbonyl (C=O) groups is 2. The standard InChI is InChI=1S/C15H18O4/c1-10(2)15(17)19-6-5-18-14-8-11(3)13(9-16)7-12(14)4/h7-9H,1,5-6H2,2-4H3. The molecule has 4 nitrogen and oxygen atoms in total. The molecule has 4 heteroatoms. The van der Waals surface area contributed by atoms with E-state index in [-0.39, 0.29) is 13.2 Å². The molecule has 0 heterocycles. The zero-order valence-corrected chi connectivity index (χ0v) is 11.5. The molecule has 0 spiro atoms. The summed E-state index contributed by atoms with van der Waals surface area (Å²) >= 11 is 0. The summed E-state index contributed by atoms with van der Waals surface area (Å²) in [6, 6.07) is 3.58. The number of ether oxygens (including phenoxy) is 2. The molecule has 0 radical (unpaired) electrons. The van der Waals surface area contributed by atoms with Gasteiger partial charge in [-0.25, -0.2) is 4.79 Å². The van der Waals surface area contributed by atoms with Crippen molar-refractivity contribution in [3.05, 3.63) is 41.0 Å². The van der Waals surface area contributed by atoms with E-state index in [4.69, 9.17) is 9.47 Å². The van der Waals surface area contributed by atoms with Crippen molar-refractivity contribution < 1.29 is 19.1 Å². The summed E-state index contributed by atoms with van der Waals surface area (Å²) < 4.78 is 10.4. The van der Waals surface area contributed by atoms with Gasteiger partial charge in [-0.1, -0.05) is 6.58 Å². The summed E-state index contributed by atoms with van der Waals surface area (Å²) in [6.45, 7) is 9.22. The van der Waals surface area contributed by atoms with Crippen LogP contribution in [-0.4, -0.2) is 25.5 Å². The molecule has 0 atom stereocenters. The maximum atomic E-state index is 11.1. The van der Waals surface area contributed by atoms with Crippen LogP contribution in [-0.2, 0) is 9.53 Å². The maximum absolute atomic E-state index is 11.1. The smallest absolute Gasteiger partial charge is 0.333 e. The monoisotopic (exact) mass is 262 g/mol. The predicted octanol–water partition coefficient (Wildman–Crippen LogP) is 2.61. The van der Waals surface area contributed by atoms with Crippen molar-refractivity contribution in [2.75, 3.05) is 13.2 Å². The third-order valence-electron chi connectivity index (χ3n) is 2.61. The molecule has 0 aliphatic heterocycles. The Morgan fingerprint density at radius 2 is 1.95 bits per heavy atom. The molecule has 0 fully saturated rings. The Morgan fingerprint density at radius 3 is 2.53 bits per heavy atom. The van der Waals surface area contributed by atoms with Crippen LogP contribution in [0.4, 0.5) is 0 Å². The van der Waals surface area contributed by atoms with Gasteiger partial charge in [0, 0.05) is 11.1 Å². The Hall–Kier alpha value is -2.10. The quantitative estimate of drug-likeness (QED) is 0.342. The number of benzene rings is 1. The van der Waals surface area contributed by atoms with Gasteiger partial charge in [0.2, 0.25) is 0 Å². The molecule has 0 aromatic heterocycles. The second-order valence-corrected chi connectivity index (χ2v) is 4.36. The van der Waals surface area contributed by atoms with Gasteiger partial charge in [0.1, 0.15) is 25.2 Å². The zero-order valence-electron chi connectivity index (χ0n) is 11.5. The minimum absolute atomic E-state index is 0.166. The first-order chi connectivity index (χ1) is 8.95. The molecule has 102 valence electrons. The van der Waals surface area contributed by atoms with E-state index in [1.165, 1.54) is 0 Å². The van der Waals surface area contributed by atoms with E-state index in [2.05, 4.69) is 6.58 Å². The van der Waals surface area contributed by atoms with E-state index < -0.39 is 5.97 Å². The molecular weight excluding hydrogens is 244 g/mol. The number of esters is 1. The van der Waals surface area contributed by atoms with Crippen molar-refractivity contribution in [1.82, 2.24) is 0 Å². The number of carbonyl (C=O) groups excluding carboxylic acids is 2. The summed E-state index contributed by atoms with van der Waals surface area (Å²) in [7, 11) is 0. The molecular formula is C15H18O4. The molecule has 1 aromatic carbocycles. The number of hydrogen-bond acceptors (Lipinski definition) is 4. The van der Waals surface area contributed by atoms with Crippen LogP contribution < -0.4 is 4.74 Å². The Balaban J connectivity index is 2.54. The molecule has 0 amide bonds. The van der Waals surface area contributed by atoms with Crippen LogP contribution in [0.3, 0.4) is 0 Å². The maximum Gasteiger partial charge on any atom is 0.333 e. The molecule has 0 saturated carbocycles. The van der Waals surface area contributed by atoms with Crippen LogP contribution >= 0.6 is 0 Å². The zero-order chi connectivity index (χ0) is 14.4. The van der Waals surface area contributed by atoms with Crippen LogP contribution in [0.5, 0.6) is 5.75 Å². The first-order valence-corrected chi connectivity index (χ1v) is 5.97. The second-order valence-electron chi connectivity index (χ2n) is 4.36. The van der Waals surface area contributed by atoms with Gasteiger partial charge >= 0.3 is 5.97 Å². The van der Waals surface area contributed by atoms with Gasteiger partial charge in [-0.3, -0.25) is 4.79 Å². The fourth-order valence-electron chi connectivity index (χ4n) is 1.50. The largest absolute Gasteiger partial charge is 0.490 e. The highest BCUT2D eigenvalue weighted by atomic mass is 16.6. The minimum Gasteiger partial charge on any atom is -0.490 e. The number of aldehydes is 1. The summed E-state index contributed by atoms with van der Waals surface area (Å²) in [5.41, 5.74) is 2.74. The first-order valence-electron chi connectivity index (χ1n) is 5.97. The number of hydrogen-bond donors (Lipinski definition) is 0. The van der Waals surface area contributed by atoms with E-state index in [1.807, 2.05) is 13.8 Å². The van der Waals surface area contributed by atoms with E-state index in [0.717, 1.165) is 17.4 Å². The van der Waals surface area contributed by atoms with E-state index in [9.17, 15) is 9.59 Å². The molecule has 0 aliphatic rings. The van der Waals surface area contributed by atoms with Gasteiger partial charge < -0.3 is 9.47 Å². The normalized spacial score (nSPS) is 9.84. The van der Waals surface area contributed by atoms with Crippen molar-refractivity contribution in [3.63, 3.8) is 0 Å². The van der Waals surface area contributed by atoms with Crippen LogP contribution in [0, 0.1) is 13.8 Å². The van der Waals surface area contributed by atoms with Gasteiger partial charge in [0.15, 0.2) is 0 Å². The summed E-state index contributed by atoms with van der Waals surface area (Å²) in [5, 5.41) is 0. The molecule has 0 aliphatic carbocycles. The van der Waals surface area contributed by atoms with Crippen LogP contribution in [0.15, 0.2) is 24.3 Å². The lowest BCUT2D eigenvalue weighted by Gasteiger charge is -2.11. The Labute approximate surface area is 113 Å². The highest BCUT2D eigenvalue weighted by Gasteiger charge is 2.06. The van der Waals surface area contributed by atoms with Crippen molar-refractivity contribution in [2.24, 2.45) is 0 Å². The summed E-state index contributed by atoms with van der Waals surface area (Å²) in [4.78, 5) is 21.9. The van der Waals surface area contributed by atoms with Crippen molar-refractivity contribution in [2.45, 2.75) is 20.8 Å². The van der Waals surface area contributed by atoms with E-state index >= 15 is 0 Å². The topological polar surface area (TPSA) is 52.6 Å². The van der Waals surface area contributed by atoms with Crippen molar-refractivity contribution >= 4 is 12.3 Å². The third kappa shape index (κ3) is 4.25. The fourth-order valence-corrected chi connectivity index (χ4v) is 1.50. The summed E-state index contributed by atoms with van der Waals surface area (Å²) in [5.74, 6) is 0.266.